The number of hydrogen-bond acceptors (Lipinski definition) is 3. The van der Waals surface area contributed by atoms with Crippen molar-refractivity contribution in [2.24, 2.45) is 29.6 Å². The number of allylic oxidation sites excluding steroid dienone is 5. The second-order valence-electron chi connectivity index (χ2n) is 15.5. The van der Waals surface area contributed by atoms with Crippen molar-refractivity contribution in [2.75, 3.05) is 7.11 Å². The maximum absolute atomic E-state index is 10.7. The molecule has 4 rings (SSSR count). The number of pyridine rings is 4. The van der Waals surface area contributed by atoms with Crippen LogP contribution in [0.4, 0.5) is 0 Å². The highest BCUT2D eigenvalue weighted by molar-refractivity contribution is 6.22. The van der Waals surface area contributed by atoms with Crippen LogP contribution in [-0.2, 0) is 9.53 Å². The molecular formula is C50H73B3N4O3+3. The standard InChI is InChI=1S/3C11H16BN.C10H13NO.C7H12O2/c1-10(2)4-5-11-6-8-13(12-3)9-7-11;1-10(2)6-7-11-5-4-8-13(9-11)12-3;1-10(2)7-8-11-6-4-5-9-13(11)12-3;1-9(2)3-4-10-5-7-11(12)8-6-10;1-6(2)4-5-7(8)9-3/h3*4-10H,1-3H3;3-9H,1-2H3;4-6H,1-3H3/q3*+1;;/b5-4+;7-6+;8-7+;4-3+;5-4+. The van der Waals surface area contributed by atoms with Gasteiger partial charge in [-0.2, -0.15) is 4.73 Å². The third kappa shape index (κ3) is 29.9. The first-order chi connectivity index (χ1) is 28.5. The molecule has 3 radical (unpaired) electrons. The van der Waals surface area contributed by atoms with Crippen LogP contribution >= 0.6 is 0 Å². The van der Waals surface area contributed by atoms with Crippen LogP contribution in [-0.4, -0.2) is 35.3 Å². The zero-order chi connectivity index (χ0) is 45.3. The molecule has 0 amide bonds. The minimum Gasteiger partial charge on any atom is -0.619 e. The summed E-state index contributed by atoms with van der Waals surface area (Å²) in [5, 5.41) is 10.7. The molecule has 0 aliphatic rings. The van der Waals surface area contributed by atoms with E-state index >= 15 is 0 Å². The second kappa shape index (κ2) is 33.6. The molecule has 4 aromatic rings. The van der Waals surface area contributed by atoms with E-state index in [1.54, 1.807) is 18.2 Å². The smallest absolute Gasteiger partial charge is 0.536 e. The Hall–Kier alpha value is -5.24. The zero-order valence-corrected chi connectivity index (χ0v) is 39.1. The van der Waals surface area contributed by atoms with Gasteiger partial charge in [-0.25, -0.2) is 4.79 Å². The summed E-state index contributed by atoms with van der Waals surface area (Å²) in [6, 6.07) is 18.2. The molecule has 0 saturated heterocycles. The Kier molecular flexibility index (Phi) is 30.7. The van der Waals surface area contributed by atoms with Gasteiger partial charge in [-0.3, -0.25) is 13.4 Å². The fourth-order valence-corrected chi connectivity index (χ4v) is 4.43. The lowest BCUT2D eigenvalue weighted by atomic mass is 9.98. The molecule has 0 fully saturated rings. The van der Waals surface area contributed by atoms with Crippen LogP contribution in [0.3, 0.4) is 0 Å². The molecule has 0 aromatic carbocycles. The highest BCUT2D eigenvalue weighted by Crippen LogP contribution is 2.05. The van der Waals surface area contributed by atoms with Crippen molar-refractivity contribution in [2.45, 2.75) is 89.7 Å². The van der Waals surface area contributed by atoms with Gasteiger partial charge in [0.1, 0.15) is 24.8 Å². The number of carbonyl (C=O) groups excluding carboxylic acids is 1. The molecule has 4 aromatic heterocycles. The number of carbonyl (C=O) groups is 1. The average molecular weight is 811 g/mol. The van der Waals surface area contributed by atoms with E-state index in [1.807, 2.05) is 72.0 Å². The molecule has 0 bridgehead atoms. The summed E-state index contributed by atoms with van der Waals surface area (Å²) in [5.74, 6) is 2.49. The van der Waals surface area contributed by atoms with Crippen LogP contribution in [0.5, 0.6) is 0 Å². The third-order valence-corrected chi connectivity index (χ3v) is 7.84. The SMILES string of the molecule is CC(C)/C=C/c1cc[n+]([O-])cc1.COC(=O)/C=C/C(C)C.C[B][n+]1ccc(/C=C/C(C)C)cc1.C[B][n+]1cccc(/C=C/C(C)C)c1.C[B][n+]1ccccc1/C=C/C(C)C. The van der Waals surface area contributed by atoms with Crippen LogP contribution < -0.4 is 18.2 Å². The molecule has 7 nitrogen and oxygen atoms in total. The second-order valence-corrected chi connectivity index (χ2v) is 15.5. The minimum absolute atomic E-state index is 0.288. The first-order valence-corrected chi connectivity index (χ1v) is 21.1. The van der Waals surface area contributed by atoms with Crippen molar-refractivity contribution < 1.29 is 27.7 Å². The van der Waals surface area contributed by atoms with E-state index in [4.69, 9.17) is 0 Å². The van der Waals surface area contributed by atoms with Gasteiger partial charge in [-0.1, -0.05) is 118 Å². The predicted octanol–water partition coefficient (Wildman–Crippen LogP) is 9.84. The number of ether oxygens (including phenoxy) is 1. The monoisotopic (exact) mass is 811 g/mol. The third-order valence-electron chi connectivity index (χ3n) is 7.84. The molecule has 0 atom stereocenters. The molecule has 4 heterocycles. The van der Waals surface area contributed by atoms with Crippen LogP contribution in [0.2, 0.25) is 20.5 Å². The molecule has 0 spiro atoms. The fraction of sp³-hybridized carbons (Fsp3) is 0.380. The van der Waals surface area contributed by atoms with Gasteiger partial charge >= 0.3 is 28.2 Å². The molecular weight excluding hydrogens is 737 g/mol. The molecule has 0 aliphatic carbocycles. The van der Waals surface area contributed by atoms with Crippen LogP contribution in [0, 0.1) is 34.8 Å². The van der Waals surface area contributed by atoms with Crippen molar-refractivity contribution in [3.05, 3.63) is 162 Å². The summed E-state index contributed by atoms with van der Waals surface area (Å²) in [5.41, 5.74) is 4.79. The van der Waals surface area contributed by atoms with Crippen LogP contribution in [0.15, 0.2) is 134 Å². The Morgan fingerprint density at radius 1 is 0.533 bits per heavy atom. The number of nitrogens with zero attached hydrogens (tertiary/aromatic N) is 4. The van der Waals surface area contributed by atoms with Gasteiger partial charge in [0.05, 0.1) is 7.11 Å². The van der Waals surface area contributed by atoms with Gasteiger partial charge in [-0.05, 0) is 79.4 Å². The lowest BCUT2D eigenvalue weighted by Gasteiger charge is -1.96. The van der Waals surface area contributed by atoms with Gasteiger partial charge in [-0.15, -0.1) is 0 Å². The quantitative estimate of drug-likeness (QED) is 0.0444. The Bertz CT molecular complexity index is 1870. The molecule has 0 N–H and O–H groups in total. The van der Waals surface area contributed by atoms with E-state index in [1.165, 1.54) is 42.4 Å². The predicted molar refractivity (Wildman–Crippen MR) is 258 cm³/mol. The van der Waals surface area contributed by atoms with E-state index in [9.17, 15) is 10.0 Å². The normalized spacial score (nSPS) is 11.1. The highest BCUT2D eigenvalue weighted by atomic mass is 16.5. The van der Waals surface area contributed by atoms with Gasteiger partial charge in [0.25, 0.3) is 0 Å². The largest absolute Gasteiger partial charge is 0.619 e. The lowest BCUT2D eigenvalue weighted by Crippen LogP contribution is -2.40. The molecule has 0 saturated carbocycles. The highest BCUT2D eigenvalue weighted by Gasteiger charge is 2.05. The number of esters is 1. The molecule has 0 unspecified atom stereocenters. The van der Waals surface area contributed by atoms with Crippen molar-refractivity contribution in [3.63, 3.8) is 0 Å². The van der Waals surface area contributed by atoms with Crippen LogP contribution in [0.1, 0.15) is 91.6 Å². The van der Waals surface area contributed by atoms with E-state index in [2.05, 4.69) is 180 Å². The van der Waals surface area contributed by atoms with Gasteiger partial charge in [0, 0.05) is 54.1 Å². The van der Waals surface area contributed by atoms with Gasteiger partial charge in [0.15, 0.2) is 24.3 Å². The Labute approximate surface area is 367 Å². The van der Waals surface area contributed by atoms with E-state index < -0.39 is 0 Å². The van der Waals surface area contributed by atoms with E-state index in [0.29, 0.717) is 29.6 Å². The first-order valence-electron chi connectivity index (χ1n) is 21.1. The summed E-state index contributed by atoms with van der Waals surface area (Å²) >= 11 is 0. The van der Waals surface area contributed by atoms with Crippen molar-refractivity contribution in [1.29, 1.82) is 0 Å². The van der Waals surface area contributed by atoms with E-state index in [-0.39, 0.29) is 5.97 Å². The fourth-order valence-electron chi connectivity index (χ4n) is 4.43. The number of aromatic nitrogens is 4. The average Bonchev–Trinajstić information content (AvgIpc) is 3.24. The van der Waals surface area contributed by atoms with Gasteiger partial charge < -0.3 is 9.94 Å². The summed E-state index contributed by atoms with van der Waals surface area (Å²) in [6.45, 7) is 27.4. The summed E-state index contributed by atoms with van der Waals surface area (Å²) in [4.78, 5) is 10.4. The van der Waals surface area contributed by atoms with Crippen molar-refractivity contribution in [1.82, 2.24) is 0 Å². The first kappa shape index (κ1) is 54.8. The maximum Gasteiger partial charge on any atom is 0.536 e. The summed E-state index contributed by atoms with van der Waals surface area (Å²) in [6.07, 6.45) is 33.7. The summed E-state index contributed by atoms with van der Waals surface area (Å²) < 4.78 is 11.4. The lowest BCUT2D eigenvalue weighted by molar-refractivity contribution is -0.605. The molecule has 10 heteroatoms. The summed E-state index contributed by atoms with van der Waals surface area (Å²) in [7, 11) is 7.48. The van der Waals surface area contributed by atoms with Gasteiger partial charge in [0.2, 0.25) is 0 Å². The Balaban J connectivity index is 0.000000730. The topological polar surface area (TPSA) is 64.9 Å². The molecule has 317 valence electrons. The van der Waals surface area contributed by atoms with E-state index in [0.717, 1.165) is 10.3 Å². The minimum atomic E-state index is -0.288. The maximum atomic E-state index is 10.7. The van der Waals surface area contributed by atoms with Crippen LogP contribution in [0.25, 0.3) is 24.3 Å². The molecule has 0 aliphatic heterocycles. The Morgan fingerprint density at radius 2 is 1.00 bits per heavy atom. The Morgan fingerprint density at radius 3 is 1.45 bits per heavy atom. The molecule has 60 heavy (non-hydrogen) atoms. The van der Waals surface area contributed by atoms with Crippen molar-refractivity contribution in [3.8, 4) is 0 Å². The van der Waals surface area contributed by atoms with Crippen molar-refractivity contribution >= 4 is 52.5 Å². The number of methoxy groups -OCH3 is 1. The zero-order valence-electron chi connectivity index (χ0n) is 39.1. The number of rotatable bonds is 13. The number of hydrogen-bond donors (Lipinski definition) is 0.